The lowest BCUT2D eigenvalue weighted by Crippen LogP contribution is -2.03. The number of halogens is 2. The molecule has 1 aromatic heterocycles. The molecule has 0 saturated carbocycles. The maximum atomic E-state index is 6.02. The van der Waals surface area contributed by atoms with Crippen molar-refractivity contribution in [2.24, 2.45) is 0 Å². The molecule has 0 atom stereocenters. The number of pyridine rings is 1. The Morgan fingerprint density at radius 3 is 2.88 bits per heavy atom. The third-order valence-electron chi connectivity index (χ3n) is 2.52. The molecule has 0 saturated heterocycles. The lowest BCUT2D eigenvalue weighted by molar-refractivity contribution is 1.02. The highest BCUT2D eigenvalue weighted by molar-refractivity contribution is 9.10. The molecule has 1 N–H and O–H groups in total. The quantitative estimate of drug-likeness (QED) is 0.907. The normalized spacial score (nSPS) is 10.3. The number of hydrogen-bond donors (Lipinski definition) is 1. The van der Waals surface area contributed by atoms with E-state index in [0.29, 0.717) is 11.6 Å². The maximum Gasteiger partial charge on any atom is 0.0623 e. The summed E-state index contributed by atoms with van der Waals surface area (Å²) in [4.78, 5) is 4.33. The number of anilines is 1. The zero-order valence-corrected chi connectivity index (χ0v) is 11.7. The summed E-state index contributed by atoms with van der Waals surface area (Å²) >= 11 is 9.48. The van der Waals surface area contributed by atoms with Crippen LogP contribution in [-0.4, -0.2) is 4.98 Å². The van der Waals surface area contributed by atoms with Crippen molar-refractivity contribution >= 4 is 33.2 Å². The monoisotopic (exact) mass is 310 g/mol. The van der Waals surface area contributed by atoms with Crippen LogP contribution in [-0.2, 0) is 6.54 Å². The highest BCUT2D eigenvalue weighted by Crippen LogP contribution is 2.30. The number of hydrogen-bond acceptors (Lipinski definition) is 2. The molecule has 1 heterocycles. The number of aryl methyl sites for hydroxylation is 1. The van der Waals surface area contributed by atoms with E-state index in [1.54, 1.807) is 6.20 Å². The van der Waals surface area contributed by atoms with E-state index in [0.717, 1.165) is 15.9 Å². The van der Waals surface area contributed by atoms with Gasteiger partial charge in [-0.2, -0.15) is 0 Å². The van der Waals surface area contributed by atoms with E-state index in [-0.39, 0.29) is 0 Å². The van der Waals surface area contributed by atoms with Gasteiger partial charge in [-0.05, 0) is 46.6 Å². The van der Waals surface area contributed by atoms with E-state index >= 15 is 0 Å². The molecule has 88 valence electrons. The van der Waals surface area contributed by atoms with Crippen molar-refractivity contribution in [2.45, 2.75) is 13.5 Å². The molecule has 2 rings (SSSR count). The Morgan fingerprint density at radius 1 is 1.29 bits per heavy atom. The molecule has 1 aromatic carbocycles. The van der Waals surface area contributed by atoms with Crippen molar-refractivity contribution in [2.75, 3.05) is 5.32 Å². The van der Waals surface area contributed by atoms with Crippen LogP contribution in [0, 0.1) is 6.92 Å². The Kier molecular flexibility index (Phi) is 4.02. The summed E-state index contributed by atoms with van der Waals surface area (Å²) in [5.41, 5.74) is 3.19. The van der Waals surface area contributed by atoms with Crippen molar-refractivity contribution in [1.29, 1.82) is 0 Å². The Balaban J connectivity index is 2.13. The Labute approximate surface area is 114 Å². The second-order valence-electron chi connectivity index (χ2n) is 3.72. The summed E-state index contributed by atoms with van der Waals surface area (Å²) in [5.74, 6) is 0. The van der Waals surface area contributed by atoms with Crippen molar-refractivity contribution in [1.82, 2.24) is 4.98 Å². The van der Waals surface area contributed by atoms with Gasteiger partial charge in [-0.25, -0.2) is 0 Å². The second-order valence-corrected chi connectivity index (χ2v) is 4.92. The molecule has 0 fully saturated rings. The van der Waals surface area contributed by atoms with Crippen LogP contribution < -0.4 is 5.32 Å². The summed E-state index contributed by atoms with van der Waals surface area (Å²) in [6, 6.07) is 9.74. The fourth-order valence-corrected chi connectivity index (χ4v) is 2.10. The van der Waals surface area contributed by atoms with Crippen LogP contribution in [0.4, 0.5) is 5.69 Å². The van der Waals surface area contributed by atoms with Gasteiger partial charge in [0.1, 0.15) is 0 Å². The van der Waals surface area contributed by atoms with Gasteiger partial charge in [0.25, 0.3) is 0 Å². The van der Waals surface area contributed by atoms with Gasteiger partial charge < -0.3 is 5.32 Å². The second kappa shape index (κ2) is 5.52. The van der Waals surface area contributed by atoms with Gasteiger partial charge in [0.15, 0.2) is 0 Å². The van der Waals surface area contributed by atoms with Crippen LogP contribution in [0.1, 0.15) is 11.3 Å². The molecule has 0 radical (unpaired) electrons. The van der Waals surface area contributed by atoms with Gasteiger partial charge in [-0.15, -0.1) is 0 Å². The van der Waals surface area contributed by atoms with E-state index in [2.05, 4.69) is 39.2 Å². The molecule has 0 aliphatic rings. The van der Waals surface area contributed by atoms with Crippen molar-refractivity contribution in [3.05, 3.63) is 57.3 Å². The molecule has 2 aromatic rings. The third-order valence-corrected chi connectivity index (χ3v) is 3.91. The maximum absolute atomic E-state index is 6.02. The van der Waals surface area contributed by atoms with Crippen molar-refractivity contribution < 1.29 is 0 Å². The van der Waals surface area contributed by atoms with Crippen LogP contribution in [0.3, 0.4) is 0 Å². The van der Waals surface area contributed by atoms with Gasteiger partial charge in [0.2, 0.25) is 0 Å². The lowest BCUT2D eigenvalue weighted by Gasteiger charge is -2.10. The van der Waals surface area contributed by atoms with Crippen LogP contribution in [0.25, 0.3) is 0 Å². The fourth-order valence-electron chi connectivity index (χ4n) is 1.52. The van der Waals surface area contributed by atoms with E-state index < -0.39 is 0 Å². The first kappa shape index (κ1) is 12.4. The SMILES string of the molecule is Cc1cccnc1CNc1cccc(Cl)c1Br. The average Bonchev–Trinajstić information content (AvgIpc) is 2.33. The number of nitrogens with one attached hydrogen (secondary N) is 1. The van der Waals surface area contributed by atoms with Gasteiger partial charge in [0.05, 0.1) is 27.4 Å². The minimum atomic E-state index is 0.686. The molecular formula is C13H12BrClN2. The molecule has 0 aliphatic heterocycles. The van der Waals surface area contributed by atoms with Crippen LogP contribution in [0.5, 0.6) is 0 Å². The van der Waals surface area contributed by atoms with E-state index in [9.17, 15) is 0 Å². The standard InChI is InChI=1S/C13H12BrClN2/c1-9-4-3-7-16-12(9)8-17-11-6-2-5-10(15)13(11)14/h2-7,17H,8H2,1H3. The van der Waals surface area contributed by atoms with Crippen molar-refractivity contribution in [3.63, 3.8) is 0 Å². The smallest absolute Gasteiger partial charge is 0.0623 e. The predicted octanol–water partition coefficient (Wildman–Crippen LogP) is 4.42. The molecule has 0 aliphatic carbocycles. The molecule has 4 heteroatoms. The third kappa shape index (κ3) is 2.99. The Morgan fingerprint density at radius 2 is 2.12 bits per heavy atom. The number of benzene rings is 1. The summed E-state index contributed by atoms with van der Waals surface area (Å²) in [5, 5.41) is 4.02. The summed E-state index contributed by atoms with van der Waals surface area (Å²) in [7, 11) is 0. The number of rotatable bonds is 3. The zero-order valence-electron chi connectivity index (χ0n) is 9.37. The summed E-state index contributed by atoms with van der Waals surface area (Å²) in [6.07, 6.45) is 1.80. The molecule has 0 spiro atoms. The van der Waals surface area contributed by atoms with E-state index in [4.69, 9.17) is 11.6 Å². The summed E-state index contributed by atoms with van der Waals surface area (Å²) in [6.45, 7) is 2.74. The molecule has 0 unspecified atom stereocenters. The first-order chi connectivity index (χ1) is 8.18. The molecule has 17 heavy (non-hydrogen) atoms. The number of aromatic nitrogens is 1. The van der Waals surface area contributed by atoms with Gasteiger partial charge in [-0.1, -0.05) is 23.7 Å². The Bertz CT molecular complexity index is 529. The minimum absolute atomic E-state index is 0.686. The molecule has 2 nitrogen and oxygen atoms in total. The van der Waals surface area contributed by atoms with E-state index in [1.807, 2.05) is 24.3 Å². The van der Waals surface area contributed by atoms with Crippen LogP contribution >= 0.6 is 27.5 Å². The van der Waals surface area contributed by atoms with Gasteiger partial charge in [0, 0.05) is 6.20 Å². The first-order valence-corrected chi connectivity index (χ1v) is 6.44. The minimum Gasteiger partial charge on any atom is -0.378 e. The first-order valence-electron chi connectivity index (χ1n) is 5.27. The predicted molar refractivity (Wildman–Crippen MR) is 75.5 cm³/mol. The van der Waals surface area contributed by atoms with Crippen molar-refractivity contribution in [3.8, 4) is 0 Å². The Hall–Kier alpha value is -1.06. The summed E-state index contributed by atoms with van der Waals surface area (Å²) < 4.78 is 0.884. The molecular weight excluding hydrogens is 300 g/mol. The zero-order chi connectivity index (χ0) is 12.3. The molecule has 0 amide bonds. The molecule has 0 bridgehead atoms. The van der Waals surface area contributed by atoms with Gasteiger partial charge >= 0.3 is 0 Å². The van der Waals surface area contributed by atoms with Crippen LogP contribution in [0.15, 0.2) is 41.0 Å². The lowest BCUT2D eigenvalue weighted by atomic mass is 10.2. The highest BCUT2D eigenvalue weighted by Gasteiger charge is 2.04. The number of nitrogens with zero attached hydrogens (tertiary/aromatic N) is 1. The average molecular weight is 312 g/mol. The van der Waals surface area contributed by atoms with Crippen LogP contribution in [0.2, 0.25) is 5.02 Å². The topological polar surface area (TPSA) is 24.9 Å². The highest BCUT2D eigenvalue weighted by atomic mass is 79.9. The fraction of sp³-hybridized carbons (Fsp3) is 0.154. The van der Waals surface area contributed by atoms with E-state index in [1.165, 1.54) is 5.56 Å². The van der Waals surface area contributed by atoms with Gasteiger partial charge in [-0.3, -0.25) is 4.98 Å². The largest absolute Gasteiger partial charge is 0.378 e.